The maximum absolute atomic E-state index is 14.6. The lowest BCUT2D eigenvalue weighted by Crippen LogP contribution is -2.60. The van der Waals surface area contributed by atoms with Gasteiger partial charge in [-0.1, -0.05) is 103 Å². The fourth-order valence-corrected chi connectivity index (χ4v) is 7.95. The molecule has 0 fully saturated rings. The van der Waals surface area contributed by atoms with E-state index in [2.05, 4.69) is 26.6 Å². The molecular weight excluding hydrogens is 863 g/mol. The zero-order valence-corrected chi connectivity index (χ0v) is 37.6. The number of nitrogens with one attached hydrogen (secondary N) is 5. The van der Waals surface area contributed by atoms with Gasteiger partial charge >= 0.3 is 11.9 Å². The van der Waals surface area contributed by atoms with E-state index in [4.69, 9.17) is 9.47 Å². The van der Waals surface area contributed by atoms with Crippen LogP contribution in [0.1, 0.15) is 48.8 Å². The summed E-state index contributed by atoms with van der Waals surface area (Å²) in [6.45, 7) is 4.41. The van der Waals surface area contributed by atoms with Crippen LogP contribution in [0.4, 0.5) is 0 Å². The first-order valence-corrected chi connectivity index (χ1v) is 22.3. The lowest BCUT2D eigenvalue weighted by Gasteiger charge is -2.27. The monoisotopic (exact) mass is 915 g/mol. The molecule has 0 saturated heterocycles. The Morgan fingerprint density at radius 1 is 0.697 bits per heavy atom. The highest BCUT2D eigenvalue weighted by Crippen LogP contribution is 2.21. The van der Waals surface area contributed by atoms with Gasteiger partial charge in [0.05, 0.1) is 6.42 Å². The SMILES string of the molecule is CC(C)(C)OC(=O)CC(NC(=O)C1Cc2ccc(cc2)OCC(=O)NC(Cc2cccs2)C(=O)NC(Cc2ccc(-c3ccccc3)cc2)C(=O)NC(Cc2ccccc2)C(=O)N1)C(=O)O. The quantitative estimate of drug-likeness (QED) is 0.0770. The molecule has 3 heterocycles. The zero-order valence-electron chi connectivity index (χ0n) is 36.8. The molecule has 0 aliphatic carbocycles. The van der Waals surface area contributed by atoms with Crippen LogP contribution in [-0.4, -0.2) is 89.0 Å². The molecule has 6 N–H and O–H groups in total. The van der Waals surface area contributed by atoms with Gasteiger partial charge in [0.25, 0.3) is 5.91 Å². The minimum atomic E-state index is -1.71. The van der Waals surface area contributed by atoms with E-state index in [1.54, 1.807) is 75.4 Å². The summed E-state index contributed by atoms with van der Waals surface area (Å²) in [4.78, 5) is 96.8. The van der Waals surface area contributed by atoms with Crippen LogP contribution in [0, 0.1) is 0 Å². The second-order valence-electron chi connectivity index (χ2n) is 16.9. The summed E-state index contributed by atoms with van der Waals surface area (Å²) in [7, 11) is 0. The first-order chi connectivity index (χ1) is 31.6. The fraction of sp³-hybridized carbons (Fsp3) is 0.300. The third-order valence-electron chi connectivity index (χ3n) is 10.5. The van der Waals surface area contributed by atoms with Gasteiger partial charge in [0.1, 0.15) is 41.6 Å². The molecule has 1 aromatic heterocycles. The van der Waals surface area contributed by atoms with Gasteiger partial charge in [0, 0.05) is 30.6 Å². The van der Waals surface area contributed by atoms with Gasteiger partial charge < -0.3 is 41.2 Å². The molecule has 0 saturated carbocycles. The van der Waals surface area contributed by atoms with E-state index in [9.17, 15) is 38.7 Å². The number of hydrogen-bond donors (Lipinski definition) is 6. The Morgan fingerprint density at radius 2 is 1.26 bits per heavy atom. The summed E-state index contributed by atoms with van der Waals surface area (Å²) in [5.74, 6) is -5.76. The van der Waals surface area contributed by atoms with Crippen LogP contribution in [0.3, 0.4) is 0 Å². The Hall–Kier alpha value is -7.33. The van der Waals surface area contributed by atoms with Crippen molar-refractivity contribution in [2.45, 2.75) is 88.7 Å². The van der Waals surface area contributed by atoms with Gasteiger partial charge in [-0.15, -0.1) is 11.3 Å². The number of ether oxygens (including phenoxy) is 2. The van der Waals surface area contributed by atoms with E-state index in [1.807, 2.05) is 72.1 Å². The van der Waals surface area contributed by atoms with Crippen molar-refractivity contribution >= 4 is 52.8 Å². The summed E-state index contributed by atoms with van der Waals surface area (Å²) in [6, 6.07) is 29.2. The topological polar surface area (TPSA) is 218 Å². The summed E-state index contributed by atoms with van der Waals surface area (Å²) < 4.78 is 11.1. The van der Waals surface area contributed by atoms with Crippen LogP contribution in [0.25, 0.3) is 11.1 Å². The molecule has 5 atom stereocenters. The van der Waals surface area contributed by atoms with E-state index in [0.29, 0.717) is 16.7 Å². The number of fused-ring (bicyclic) bond motifs is 16. The van der Waals surface area contributed by atoms with Crippen LogP contribution in [0.15, 0.2) is 127 Å². The molecule has 344 valence electrons. The van der Waals surface area contributed by atoms with Gasteiger partial charge in [0.2, 0.25) is 23.6 Å². The summed E-state index contributed by atoms with van der Waals surface area (Å²) >= 11 is 1.40. The predicted molar refractivity (Wildman–Crippen MR) is 247 cm³/mol. The number of carboxylic acids is 1. The molecule has 16 heteroatoms. The molecular formula is C50H53N5O10S. The number of benzene rings is 4. The predicted octanol–water partition coefficient (Wildman–Crippen LogP) is 4.32. The number of carbonyl (C=O) groups is 7. The first kappa shape index (κ1) is 48.1. The average Bonchev–Trinajstić information content (AvgIpc) is 3.81. The largest absolute Gasteiger partial charge is 0.484 e. The molecule has 0 radical (unpaired) electrons. The number of aliphatic carboxylic acids is 1. The maximum atomic E-state index is 14.6. The molecule has 2 aliphatic heterocycles. The van der Waals surface area contributed by atoms with Crippen LogP contribution >= 0.6 is 11.3 Å². The third-order valence-corrected chi connectivity index (χ3v) is 11.4. The molecule has 5 unspecified atom stereocenters. The van der Waals surface area contributed by atoms with Crippen molar-refractivity contribution in [3.63, 3.8) is 0 Å². The highest BCUT2D eigenvalue weighted by molar-refractivity contribution is 7.09. The Morgan fingerprint density at radius 3 is 1.83 bits per heavy atom. The van der Waals surface area contributed by atoms with Crippen LogP contribution < -0.4 is 31.3 Å². The van der Waals surface area contributed by atoms with Crippen LogP contribution in [-0.2, 0) is 64.0 Å². The number of carboxylic acid groups (broad SMARTS) is 1. The van der Waals surface area contributed by atoms with Crippen LogP contribution in [0.2, 0.25) is 0 Å². The number of rotatable bonds is 12. The highest BCUT2D eigenvalue weighted by Gasteiger charge is 2.34. The van der Waals surface area contributed by atoms with Crippen molar-refractivity contribution in [1.29, 1.82) is 0 Å². The van der Waals surface area contributed by atoms with Crippen molar-refractivity contribution in [3.8, 4) is 16.9 Å². The van der Waals surface area contributed by atoms with Gasteiger partial charge in [-0.05, 0) is 72.2 Å². The fourth-order valence-electron chi connectivity index (χ4n) is 7.20. The minimum Gasteiger partial charge on any atom is -0.484 e. The van der Waals surface area contributed by atoms with E-state index >= 15 is 0 Å². The number of amides is 5. The second-order valence-corrected chi connectivity index (χ2v) is 17.9. The number of carbonyl (C=O) groups excluding carboxylic acids is 6. The molecule has 2 bridgehead atoms. The summed E-state index contributed by atoms with van der Waals surface area (Å²) in [5, 5.41) is 25.4. The van der Waals surface area contributed by atoms with Crippen molar-refractivity contribution in [1.82, 2.24) is 26.6 Å². The molecule has 0 spiro atoms. The average molecular weight is 916 g/mol. The van der Waals surface area contributed by atoms with E-state index in [0.717, 1.165) is 16.0 Å². The molecule has 5 aromatic rings. The first-order valence-electron chi connectivity index (χ1n) is 21.5. The number of thiophene rings is 1. The highest BCUT2D eigenvalue weighted by atomic mass is 32.1. The Balaban J connectivity index is 1.35. The normalized spacial score (nSPS) is 19.0. The van der Waals surface area contributed by atoms with Crippen molar-refractivity contribution in [2.24, 2.45) is 0 Å². The molecule has 66 heavy (non-hydrogen) atoms. The Bertz CT molecular complexity index is 2460. The third kappa shape index (κ3) is 14.6. The molecule has 15 nitrogen and oxygen atoms in total. The van der Waals surface area contributed by atoms with Gasteiger partial charge in [0.15, 0.2) is 6.61 Å². The zero-order chi connectivity index (χ0) is 47.2. The van der Waals surface area contributed by atoms with Gasteiger partial charge in [-0.2, -0.15) is 0 Å². The van der Waals surface area contributed by atoms with Gasteiger partial charge in [-0.25, -0.2) is 4.79 Å². The smallest absolute Gasteiger partial charge is 0.326 e. The number of esters is 1. The molecule has 2 aliphatic rings. The van der Waals surface area contributed by atoms with Crippen molar-refractivity contribution < 1.29 is 48.1 Å². The standard InChI is InChI=1S/C50H53N5O10S/c1-50(2,3)65-44(57)29-42(49(62)63)55-47(60)40-27-33-18-22-36(23-19-33)64-30-43(56)51-41(28-37-15-10-24-66-37)48(61)54-39(26-32-16-20-35(21-17-32)34-13-8-5-9-14-34)46(59)52-38(45(58)53-40)25-31-11-6-4-7-12-31/h4-24,38-42H,25-30H2,1-3H3,(H,51,56)(H,52,59)(H,53,58)(H,54,61)(H,55,60)(H,62,63). The minimum absolute atomic E-state index is 0.0116. The van der Waals surface area contributed by atoms with Gasteiger partial charge in [-0.3, -0.25) is 28.8 Å². The van der Waals surface area contributed by atoms with Crippen LogP contribution in [0.5, 0.6) is 5.75 Å². The summed E-state index contributed by atoms with van der Waals surface area (Å²) in [6.07, 6.45) is -0.791. The lowest BCUT2D eigenvalue weighted by atomic mass is 9.99. The Labute approximate surface area is 386 Å². The summed E-state index contributed by atoms with van der Waals surface area (Å²) in [5.41, 5.74) is 2.85. The molecule has 7 rings (SSSR count). The second kappa shape index (κ2) is 22.5. The van der Waals surface area contributed by atoms with E-state index < -0.39 is 90.3 Å². The lowest BCUT2D eigenvalue weighted by molar-refractivity contribution is -0.158. The van der Waals surface area contributed by atoms with E-state index in [1.165, 1.54) is 11.3 Å². The maximum Gasteiger partial charge on any atom is 0.326 e. The number of hydrogen-bond acceptors (Lipinski definition) is 10. The Kier molecular flexibility index (Phi) is 16.4. The molecule has 5 amide bonds. The van der Waals surface area contributed by atoms with E-state index in [-0.39, 0.29) is 31.4 Å². The molecule has 4 aromatic carbocycles. The van der Waals surface area contributed by atoms with Crippen molar-refractivity contribution in [2.75, 3.05) is 6.61 Å². The van der Waals surface area contributed by atoms with Crippen molar-refractivity contribution in [3.05, 3.63) is 148 Å².